The van der Waals surface area contributed by atoms with E-state index < -0.39 is 11.7 Å². The summed E-state index contributed by atoms with van der Waals surface area (Å²) in [6, 6.07) is 0.162. The molecule has 1 spiro atoms. The van der Waals surface area contributed by atoms with Crippen molar-refractivity contribution < 1.29 is 19.1 Å². The van der Waals surface area contributed by atoms with E-state index in [1.807, 2.05) is 46.4 Å². The first-order chi connectivity index (χ1) is 10.5. The van der Waals surface area contributed by atoms with Crippen molar-refractivity contribution in [2.24, 2.45) is 0 Å². The molecular formula is C17H30N2O4. The molecule has 132 valence electrons. The molecule has 0 aliphatic carbocycles. The Bertz CT molecular complexity index is 462. The number of carbonyl (C=O) groups excluding carboxylic acids is 2. The van der Waals surface area contributed by atoms with Crippen molar-refractivity contribution in [2.45, 2.75) is 77.7 Å². The third kappa shape index (κ3) is 4.16. The summed E-state index contributed by atoms with van der Waals surface area (Å²) in [4.78, 5) is 28.0. The molecule has 6 nitrogen and oxygen atoms in total. The normalized spacial score (nSPS) is 25.2. The van der Waals surface area contributed by atoms with Crippen molar-refractivity contribution in [2.75, 3.05) is 19.6 Å². The highest BCUT2D eigenvalue weighted by Crippen LogP contribution is 2.34. The number of ether oxygens (including phenoxy) is 2. The van der Waals surface area contributed by atoms with E-state index in [1.54, 1.807) is 4.90 Å². The highest BCUT2D eigenvalue weighted by atomic mass is 16.6. The molecule has 2 aliphatic heterocycles. The number of piperidine rings is 1. The molecule has 2 rings (SSSR count). The molecule has 0 N–H and O–H groups in total. The van der Waals surface area contributed by atoms with Crippen LogP contribution < -0.4 is 0 Å². The van der Waals surface area contributed by atoms with Gasteiger partial charge in [0, 0.05) is 19.1 Å². The van der Waals surface area contributed by atoms with E-state index >= 15 is 0 Å². The van der Waals surface area contributed by atoms with Crippen LogP contribution in [0.2, 0.25) is 0 Å². The van der Waals surface area contributed by atoms with Gasteiger partial charge in [0.1, 0.15) is 11.7 Å². The Labute approximate surface area is 139 Å². The van der Waals surface area contributed by atoms with Crippen LogP contribution >= 0.6 is 0 Å². The van der Waals surface area contributed by atoms with Crippen molar-refractivity contribution in [3.8, 4) is 0 Å². The second-order valence-corrected chi connectivity index (χ2v) is 7.97. The van der Waals surface area contributed by atoms with Gasteiger partial charge in [-0.25, -0.2) is 4.79 Å². The van der Waals surface area contributed by atoms with Crippen LogP contribution in [0, 0.1) is 0 Å². The van der Waals surface area contributed by atoms with Gasteiger partial charge in [0.2, 0.25) is 0 Å². The molecule has 2 amide bonds. The van der Waals surface area contributed by atoms with Crippen LogP contribution in [-0.2, 0) is 14.3 Å². The molecule has 0 unspecified atom stereocenters. The van der Waals surface area contributed by atoms with Crippen molar-refractivity contribution in [1.29, 1.82) is 0 Å². The van der Waals surface area contributed by atoms with Crippen molar-refractivity contribution in [3.05, 3.63) is 0 Å². The third-order valence-corrected chi connectivity index (χ3v) is 4.47. The molecule has 2 fully saturated rings. The van der Waals surface area contributed by atoms with Crippen molar-refractivity contribution in [3.63, 3.8) is 0 Å². The molecule has 1 atom stereocenters. The maximum atomic E-state index is 12.2. The predicted molar refractivity (Wildman–Crippen MR) is 87.2 cm³/mol. The summed E-state index contributed by atoms with van der Waals surface area (Å²) in [5.74, 6) is 0.0557. The molecule has 23 heavy (non-hydrogen) atoms. The van der Waals surface area contributed by atoms with Gasteiger partial charge in [0.15, 0.2) is 0 Å². The van der Waals surface area contributed by atoms with Crippen LogP contribution in [-0.4, -0.2) is 64.8 Å². The fourth-order valence-electron chi connectivity index (χ4n) is 3.22. The first kappa shape index (κ1) is 18.0. The highest BCUT2D eigenvalue weighted by Gasteiger charge is 2.46. The van der Waals surface area contributed by atoms with Crippen LogP contribution in [0.3, 0.4) is 0 Å². The Morgan fingerprint density at radius 1 is 1.30 bits per heavy atom. The minimum atomic E-state index is -0.483. The fraction of sp³-hybridized carbons (Fsp3) is 0.882. The SMILES string of the molecule is CC(C)N1CC2(CCN(C(=O)OC(C)(C)C)CC2)O[C@H](C)C1=O. The maximum absolute atomic E-state index is 12.2. The monoisotopic (exact) mass is 326 g/mol. The quantitative estimate of drug-likeness (QED) is 0.742. The number of hydrogen-bond acceptors (Lipinski definition) is 4. The Kier molecular flexibility index (Phi) is 4.95. The first-order valence-corrected chi connectivity index (χ1v) is 8.49. The number of hydrogen-bond donors (Lipinski definition) is 0. The summed E-state index contributed by atoms with van der Waals surface area (Å²) < 4.78 is 11.5. The molecule has 0 aromatic heterocycles. The third-order valence-electron chi connectivity index (χ3n) is 4.47. The summed E-state index contributed by atoms with van der Waals surface area (Å²) in [6.45, 7) is 13.3. The predicted octanol–water partition coefficient (Wildman–Crippen LogP) is 2.41. The molecule has 2 heterocycles. The zero-order valence-electron chi connectivity index (χ0n) is 15.2. The van der Waals surface area contributed by atoms with E-state index in [2.05, 4.69) is 0 Å². The molecule has 0 saturated carbocycles. The average molecular weight is 326 g/mol. The molecule has 0 radical (unpaired) electrons. The average Bonchev–Trinajstić information content (AvgIpc) is 2.41. The summed E-state index contributed by atoms with van der Waals surface area (Å²) in [7, 11) is 0. The molecule has 6 heteroatoms. The van der Waals surface area contributed by atoms with E-state index in [0.29, 0.717) is 19.6 Å². The second-order valence-electron chi connectivity index (χ2n) is 7.97. The van der Waals surface area contributed by atoms with Gasteiger partial charge in [-0.2, -0.15) is 0 Å². The number of amides is 2. The van der Waals surface area contributed by atoms with Gasteiger partial charge in [0.25, 0.3) is 5.91 Å². The van der Waals surface area contributed by atoms with Crippen molar-refractivity contribution in [1.82, 2.24) is 9.80 Å². The minimum absolute atomic E-state index is 0.0557. The summed E-state index contributed by atoms with van der Waals surface area (Å²) in [5.41, 5.74) is -0.820. The maximum Gasteiger partial charge on any atom is 0.410 e. The molecular weight excluding hydrogens is 296 g/mol. The van der Waals surface area contributed by atoms with E-state index in [1.165, 1.54) is 0 Å². The molecule has 0 aromatic rings. The van der Waals surface area contributed by atoms with Crippen LogP contribution in [0.15, 0.2) is 0 Å². The van der Waals surface area contributed by atoms with Gasteiger partial charge in [-0.1, -0.05) is 0 Å². The van der Waals surface area contributed by atoms with Gasteiger partial charge in [0.05, 0.1) is 12.1 Å². The first-order valence-electron chi connectivity index (χ1n) is 8.49. The molecule has 2 saturated heterocycles. The zero-order valence-corrected chi connectivity index (χ0v) is 15.2. The zero-order chi connectivity index (χ0) is 17.4. The van der Waals surface area contributed by atoms with Crippen LogP contribution in [0.5, 0.6) is 0 Å². The number of likely N-dealkylation sites (tertiary alicyclic amines) is 1. The number of carbonyl (C=O) groups is 2. The number of rotatable bonds is 1. The largest absolute Gasteiger partial charge is 0.444 e. The summed E-state index contributed by atoms with van der Waals surface area (Å²) >= 11 is 0. The van der Waals surface area contributed by atoms with Crippen molar-refractivity contribution >= 4 is 12.0 Å². The topological polar surface area (TPSA) is 59.1 Å². The van der Waals surface area contributed by atoms with Crippen LogP contribution in [0.4, 0.5) is 4.79 Å². The van der Waals surface area contributed by atoms with E-state index in [9.17, 15) is 9.59 Å². The number of nitrogens with zero attached hydrogens (tertiary/aromatic N) is 2. The van der Waals surface area contributed by atoms with Gasteiger partial charge in [-0.3, -0.25) is 4.79 Å². The lowest BCUT2D eigenvalue weighted by Gasteiger charge is -2.50. The van der Waals surface area contributed by atoms with E-state index in [0.717, 1.165) is 12.8 Å². The highest BCUT2D eigenvalue weighted by molar-refractivity contribution is 5.81. The summed E-state index contributed by atoms with van der Waals surface area (Å²) in [5, 5.41) is 0. The Morgan fingerprint density at radius 3 is 2.35 bits per heavy atom. The van der Waals surface area contributed by atoms with E-state index in [-0.39, 0.29) is 23.6 Å². The molecule has 0 bridgehead atoms. The fourth-order valence-corrected chi connectivity index (χ4v) is 3.22. The Balaban J connectivity index is 2.00. The summed E-state index contributed by atoms with van der Waals surface area (Å²) in [6.07, 6.45) is 0.771. The number of morpholine rings is 1. The Morgan fingerprint density at radius 2 is 1.87 bits per heavy atom. The van der Waals surface area contributed by atoms with Crippen LogP contribution in [0.1, 0.15) is 54.4 Å². The van der Waals surface area contributed by atoms with Gasteiger partial charge in [-0.15, -0.1) is 0 Å². The standard InChI is InChI=1S/C17H30N2O4/c1-12(2)19-11-17(22-13(3)14(19)20)7-9-18(10-8-17)15(21)23-16(4,5)6/h12-13H,7-11H2,1-6H3/t13-/m1/s1. The molecule has 2 aliphatic rings. The lowest BCUT2D eigenvalue weighted by Crippen LogP contribution is -2.63. The lowest BCUT2D eigenvalue weighted by atomic mass is 9.88. The van der Waals surface area contributed by atoms with Crippen LogP contribution in [0.25, 0.3) is 0 Å². The second kappa shape index (κ2) is 6.30. The lowest BCUT2D eigenvalue weighted by molar-refractivity contribution is -0.192. The Hall–Kier alpha value is -1.30. The van der Waals surface area contributed by atoms with E-state index in [4.69, 9.17) is 9.47 Å². The van der Waals surface area contributed by atoms with Gasteiger partial charge in [-0.05, 0) is 54.4 Å². The molecule has 0 aromatic carbocycles. The smallest absolute Gasteiger partial charge is 0.410 e. The minimum Gasteiger partial charge on any atom is -0.444 e. The van der Waals surface area contributed by atoms with Gasteiger partial charge < -0.3 is 19.3 Å². The van der Waals surface area contributed by atoms with Gasteiger partial charge >= 0.3 is 6.09 Å².